The highest BCUT2D eigenvalue weighted by Gasteiger charge is 2.30. The Morgan fingerprint density at radius 3 is 2.50 bits per heavy atom. The van der Waals surface area contributed by atoms with Crippen LogP contribution in [-0.2, 0) is 16.1 Å². The van der Waals surface area contributed by atoms with Crippen molar-refractivity contribution in [1.29, 1.82) is 0 Å². The molecular formula is C17H25NO2. The standard InChI is InChI=1S/C17H25NO2/c1-17(2,20-13-14-9-5-3-6-10-14)16(19)18-15-11-7-4-8-12-15/h3,5-6,9-10,15H,4,7-8,11-13H2,1-2H3,(H,18,19). The summed E-state index contributed by atoms with van der Waals surface area (Å²) in [4.78, 5) is 12.3. The van der Waals surface area contributed by atoms with Crippen LogP contribution >= 0.6 is 0 Å². The molecule has 0 spiro atoms. The van der Waals surface area contributed by atoms with Crippen LogP contribution in [0.15, 0.2) is 30.3 Å². The fraction of sp³-hybridized carbons (Fsp3) is 0.588. The Kier molecular flexibility index (Phi) is 5.18. The highest BCUT2D eigenvalue weighted by atomic mass is 16.5. The van der Waals surface area contributed by atoms with Gasteiger partial charge >= 0.3 is 0 Å². The quantitative estimate of drug-likeness (QED) is 0.894. The van der Waals surface area contributed by atoms with E-state index < -0.39 is 5.60 Å². The molecule has 1 aliphatic carbocycles. The number of hydrogen-bond acceptors (Lipinski definition) is 2. The molecule has 1 aliphatic rings. The van der Waals surface area contributed by atoms with Gasteiger partial charge in [0.2, 0.25) is 0 Å². The summed E-state index contributed by atoms with van der Waals surface area (Å²) in [6.45, 7) is 4.15. The second kappa shape index (κ2) is 6.89. The van der Waals surface area contributed by atoms with E-state index in [1.807, 2.05) is 44.2 Å². The molecule has 1 aromatic rings. The molecule has 0 saturated heterocycles. The number of carbonyl (C=O) groups is 1. The zero-order valence-corrected chi connectivity index (χ0v) is 12.5. The normalized spacial score (nSPS) is 16.9. The van der Waals surface area contributed by atoms with Gasteiger partial charge in [0.1, 0.15) is 5.60 Å². The second-order valence-corrected chi connectivity index (χ2v) is 6.09. The first kappa shape index (κ1) is 15.0. The summed E-state index contributed by atoms with van der Waals surface area (Å²) in [5.41, 5.74) is 0.304. The SMILES string of the molecule is CC(C)(OCc1ccccc1)C(=O)NC1CCCCC1. The van der Waals surface area contributed by atoms with E-state index in [2.05, 4.69) is 5.32 Å². The van der Waals surface area contributed by atoms with Gasteiger partial charge in [-0.3, -0.25) is 4.79 Å². The number of benzene rings is 1. The van der Waals surface area contributed by atoms with Crippen molar-refractivity contribution in [3.05, 3.63) is 35.9 Å². The zero-order chi connectivity index (χ0) is 14.4. The Hall–Kier alpha value is -1.35. The van der Waals surface area contributed by atoms with E-state index in [0.717, 1.165) is 18.4 Å². The van der Waals surface area contributed by atoms with Gasteiger partial charge in [-0.2, -0.15) is 0 Å². The third-order valence-electron chi connectivity index (χ3n) is 3.93. The van der Waals surface area contributed by atoms with Gasteiger partial charge in [0, 0.05) is 6.04 Å². The summed E-state index contributed by atoms with van der Waals surface area (Å²) < 4.78 is 5.81. The zero-order valence-electron chi connectivity index (χ0n) is 12.5. The molecule has 0 atom stereocenters. The molecule has 1 aromatic carbocycles. The maximum Gasteiger partial charge on any atom is 0.251 e. The van der Waals surface area contributed by atoms with Gasteiger partial charge in [-0.1, -0.05) is 49.6 Å². The van der Waals surface area contributed by atoms with E-state index in [-0.39, 0.29) is 5.91 Å². The molecule has 1 N–H and O–H groups in total. The lowest BCUT2D eigenvalue weighted by Gasteiger charge is -2.29. The lowest BCUT2D eigenvalue weighted by molar-refractivity contribution is -0.145. The third-order valence-corrected chi connectivity index (χ3v) is 3.93. The summed E-state index contributed by atoms with van der Waals surface area (Å²) in [6, 6.07) is 10.3. The van der Waals surface area contributed by atoms with E-state index in [9.17, 15) is 4.79 Å². The van der Waals surface area contributed by atoms with Crippen LogP contribution in [0.2, 0.25) is 0 Å². The summed E-state index contributed by atoms with van der Waals surface area (Å²) in [5.74, 6) is 0.000307. The number of ether oxygens (including phenoxy) is 1. The molecule has 0 unspecified atom stereocenters. The molecule has 3 heteroatoms. The first-order valence-electron chi connectivity index (χ1n) is 7.57. The van der Waals surface area contributed by atoms with E-state index in [4.69, 9.17) is 4.74 Å². The molecule has 20 heavy (non-hydrogen) atoms. The monoisotopic (exact) mass is 275 g/mol. The molecule has 1 amide bonds. The lowest BCUT2D eigenvalue weighted by Crippen LogP contribution is -2.48. The van der Waals surface area contributed by atoms with Crippen LogP contribution in [0.25, 0.3) is 0 Å². The van der Waals surface area contributed by atoms with Crippen LogP contribution in [0, 0.1) is 0 Å². The number of nitrogens with one attached hydrogen (secondary N) is 1. The largest absolute Gasteiger partial charge is 0.361 e. The van der Waals surface area contributed by atoms with Crippen molar-refractivity contribution in [3.63, 3.8) is 0 Å². The van der Waals surface area contributed by atoms with Gasteiger partial charge in [0.05, 0.1) is 6.61 Å². The van der Waals surface area contributed by atoms with Crippen LogP contribution in [0.5, 0.6) is 0 Å². The maximum absolute atomic E-state index is 12.3. The van der Waals surface area contributed by atoms with Crippen molar-refractivity contribution in [1.82, 2.24) is 5.32 Å². The minimum absolute atomic E-state index is 0.000307. The van der Waals surface area contributed by atoms with Crippen LogP contribution < -0.4 is 5.32 Å². The molecule has 1 saturated carbocycles. The summed E-state index contributed by atoms with van der Waals surface area (Å²) in [7, 11) is 0. The summed E-state index contributed by atoms with van der Waals surface area (Å²) >= 11 is 0. The second-order valence-electron chi connectivity index (χ2n) is 6.09. The van der Waals surface area contributed by atoms with Gasteiger partial charge in [-0.15, -0.1) is 0 Å². The number of carbonyl (C=O) groups excluding carboxylic acids is 1. The topological polar surface area (TPSA) is 38.3 Å². The average molecular weight is 275 g/mol. The van der Waals surface area contributed by atoms with Gasteiger partial charge in [0.15, 0.2) is 0 Å². The minimum atomic E-state index is -0.784. The molecule has 0 aromatic heterocycles. The predicted octanol–water partition coefficient (Wildman–Crippen LogP) is 3.43. The molecule has 110 valence electrons. The first-order valence-corrected chi connectivity index (χ1v) is 7.57. The third kappa shape index (κ3) is 4.34. The fourth-order valence-corrected chi connectivity index (χ4v) is 2.51. The molecular weight excluding hydrogens is 250 g/mol. The van der Waals surface area contributed by atoms with Crippen molar-refractivity contribution >= 4 is 5.91 Å². The molecule has 0 heterocycles. The smallest absolute Gasteiger partial charge is 0.251 e. The van der Waals surface area contributed by atoms with Crippen molar-refractivity contribution in [2.75, 3.05) is 0 Å². The molecule has 0 aliphatic heterocycles. The van der Waals surface area contributed by atoms with Crippen molar-refractivity contribution in [2.45, 2.75) is 64.2 Å². The van der Waals surface area contributed by atoms with E-state index in [1.54, 1.807) is 0 Å². The Labute approximate surface area is 121 Å². The van der Waals surface area contributed by atoms with E-state index >= 15 is 0 Å². The van der Waals surface area contributed by atoms with Gasteiger partial charge < -0.3 is 10.1 Å². The summed E-state index contributed by atoms with van der Waals surface area (Å²) in [6.07, 6.45) is 5.92. The maximum atomic E-state index is 12.3. The van der Waals surface area contributed by atoms with Crippen molar-refractivity contribution in [2.24, 2.45) is 0 Å². The number of amides is 1. The molecule has 2 rings (SSSR count). The minimum Gasteiger partial charge on any atom is -0.361 e. The number of rotatable bonds is 5. The Balaban J connectivity index is 1.83. The van der Waals surface area contributed by atoms with Gasteiger partial charge in [-0.25, -0.2) is 0 Å². The highest BCUT2D eigenvalue weighted by Crippen LogP contribution is 2.19. The molecule has 0 radical (unpaired) electrons. The van der Waals surface area contributed by atoms with E-state index in [0.29, 0.717) is 12.6 Å². The van der Waals surface area contributed by atoms with Gasteiger partial charge in [0.25, 0.3) is 5.91 Å². The Bertz CT molecular complexity index is 422. The average Bonchev–Trinajstić information content (AvgIpc) is 2.47. The van der Waals surface area contributed by atoms with E-state index in [1.165, 1.54) is 19.3 Å². The highest BCUT2D eigenvalue weighted by molar-refractivity contribution is 5.84. The first-order chi connectivity index (χ1) is 9.58. The molecule has 0 bridgehead atoms. The fourth-order valence-electron chi connectivity index (χ4n) is 2.51. The van der Waals surface area contributed by atoms with Crippen LogP contribution in [0.4, 0.5) is 0 Å². The van der Waals surface area contributed by atoms with Crippen molar-refractivity contribution < 1.29 is 9.53 Å². The lowest BCUT2D eigenvalue weighted by atomic mass is 9.94. The summed E-state index contributed by atoms with van der Waals surface area (Å²) in [5, 5.41) is 3.13. The Morgan fingerprint density at radius 1 is 1.20 bits per heavy atom. The Morgan fingerprint density at radius 2 is 1.85 bits per heavy atom. The van der Waals surface area contributed by atoms with Gasteiger partial charge in [-0.05, 0) is 32.3 Å². The van der Waals surface area contributed by atoms with Crippen LogP contribution in [0.3, 0.4) is 0 Å². The van der Waals surface area contributed by atoms with Crippen LogP contribution in [0.1, 0.15) is 51.5 Å². The van der Waals surface area contributed by atoms with Crippen molar-refractivity contribution in [3.8, 4) is 0 Å². The predicted molar refractivity (Wildman–Crippen MR) is 80.3 cm³/mol. The molecule has 3 nitrogen and oxygen atoms in total. The van der Waals surface area contributed by atoms with Crippen LogP contribution in [-0.4, -0.2) is 17.6 Å². The molecule has 1 fully saturated rings. The number of hydrogen-bond donors (Lipinski definition) is 1.